The van der Waals surface area contributed by atoms with E-state index in [1.807, 2.05) is 0 Å². The van der Waals surface area contributed by atoms with Crippen LogP contribution in [0, 0.1) is 0 Å². The molecule has 0 aliphatic carbocycles. The molecule has 0 saturated carbocycles. The molecule has 10 heteroatoms. The van der Waals surface area contributed by atoms with Gasteiger partial charge < -0.3 is 9.47 Å². The van der Waals surface area contributed by atoms with Gasteiger partial charge in [0, 0.05) is 16.3 Å². The van der Waals surface area contributed by atoms with Gasteiger partial charge in [0.05, 0.1) is 22.7 Å². The molecule has 1 aliphatic rings. The fraction of sp³-hybridized carbons (Fsp3) is 0.0870. The van der Waals surface area contributed by atoms with Crippen molar-refractivity contribution in [2.24, 2.45) is 0 Å². The average molecular weight is 506 g/mol. The van der Waals surface area contributed by atoms with Crippen molar-refractivity contribution in [1.82, 2.24) is 5.32 Å². The third-order valence-electron chi connectivity index (χ3n) is 4.83. The van der Waals surface area contributed by atoms with Crippen LogP contribution in [-0.4, -0.2) is 31.4 Å². The fourth-order valence-corrected chi connectivity index (χ4v) is 3.93. The van der Waals surface area contributed by atoms with Gasteiger partial charge in [0.2, 0.25) is 5.91 Å². The molecule has 3 amide bonds. The number of urea groups is 1. The number of rotatable bonds is 6. The Bertz CT molecular complexity index is 1250. The van der Waals surface area contributed by atoms with Crippen molar-refractivity contribution >= 4 is 58.2 Å². The Labute approximate surface area is 203 Å². The number of amides is 3. The highest BCUT2D eigenvalue weighted by atomic mass is 35.5. The van der Waals surface area contributed by atoms with Crippen LogP contribution < -0.4 is 19.7 Å². The molecule has 0 unspecified atom stereocenters. The van der Waals surface area contributed by atoms with E-state index in [-0.39, 0.29) is 33.7 Å². The molecule has 1 aliphatic heterocycles. The number of methoxy groups -OCH3 is 1. The number of nitrogens with one attached hydrogen (secondary N) is 1. The van der Waals surface area contributed by atoms with Crippen LogP contribution in [0.2, 0.25) is 15.1 Å². The first kappa shape index (κ1) is 22.9. The second-order valence-corrected chi connectivity index (χ2v) is 8.23. The van der Waals surface area contributed by atoms with E-state index in [4.69, 9.17) is 44.3 Å². The molecule has 3 aromatic carbocycles. The zero-order valence-corrected chi connectivity index (χ0v) is 19.3. The number of anilines is 1. The average Bonchev–Trinajstić information content (AvgIpc) is 3.14. The van der Waals surface area contributed by atoms with Crippen LogP contribution in [0.3, 0.4) is 0 Å². The lowest BCUT2D eigenvalue weighted by Crippen LogP contribution is -2.27. The van der Waals surface area contributed by atoms with Crippen molar-refractivity contribution in [3.63, 3.8) is 0 Å². The standard InChI is InChI=1S/C23H15Cl3N2O5/c1-32-19-7-6-15(10-16(19)21(30)12-2-4-13(24)5-3-12)33-22-17(25)8-14(9-18(22)26)28-11-20(29)27-23(28)31/h2-10H,11H2,1H3,(H,27,29,31). The number of hydrogen-bond donors (Lipinski definition) is 1. The highest BCUT2D eigenvalue weighted by Crippen LogP contribution is 2.41. The molecular formula is C23H15Cl3N2O5. The Morgan fingerprint density at radius 3 is 2.21 bits per heavy atom. The number of benzene rings is 3. The summed E-state index contributed by atoms with van der Waals surface area (Å²) in [5, 5.41) is 2.93. The Morgan fingerprint density at radius 1 is 0.970 bits per heavy atom. The first-order valence-corrected chi connectivity index (χ1v) is 10.7. The molecule has 7 nitrogen and oxygen atoms in total. The maximum Gasteiger partial charge on any atom is 0.329 e. The van der Waals surface area contributed by atoms with Gasteiger partial charge in [-0.3, -0.25) is 19.8 Å². The Morgan fingerprint density at radius 2 is 1.64 bits per heavy atom. The van der Waals surface area contributed by atoms with E-state index in [1.165, 1.54) is 30.2 Å². The van der Waals surface area contributed by atoms with Gasteiger partial charge in [0.15, 0.2) is 11.5 Å². The first-order chi connectivity index (χ1) is 15.8. The van der Waals surface area contributed by atoms with Crippen molar-refractivity contribution in [2.75, 3.05) is 18.6 Å². The van der Waals surface area contributed by atoms with E-state index in [0.717, 1.165) is 0 Å². The quantitative estimate of drug-likeness (QED) is 0.341. The zero-order valence-electron chi connectivity index (χ0n) is 17.0. The number of nitrogens with zero attached hydrogens (tertiary/aromatic N) is 1. The van der Waals surface area contributed by atoms with Gasteiger partial charge in [0.25, 0.3) is 0 Å². The summed E-state index contributed by atoms with van der Waals surface area (Å²) in [5.41, 5.74) is 1.04. The number of carbonyl (C=O) groups is 3. The smallest absolute Gasteiger partial charge is 0.329 e. The van der Waals surface area contributed by atoms with Crippen LogP contribution in [0.5, 0.6) is 17.2 Å². The van der Waals surface area contributed by atoms with E-state index >= 15 is 0 Å². The van der Waals surface area contributed by atoms with Gasteiger partial charge >= 0.3 is 6.03 Å². The van der Waals surface area contributed by atoms with Crippen LogP contribution in [-0.2, 0) is 4.79 Å². The van der Waals surface area contributed by atoms with Gasteiger partial charge in [-0.15, -0.1) is 0 Å². The fourth-order valence-electron chi connectivity index (χ4n) is 3.25. The van der Waals surface area contributed by atoms with Crippen LogP contribution >= 0.6 is 34.8 Å². The van der Waals surface area contributed by atoms with Crippen molar-refractivity contribution in [1.29, 1.82) is 0 Å². The molecule has 0 aromatic heterocycles. The molecule has 4 rings (SSSR count). The maximum absolute atomic E-state index is 13.0. The topological polar surface area (TPSA) is 84.9 Å². The molecule has 0 spiro atoms. The number of imide groups is 1. The summed E-state index contributed by atoms with van der Waals surface area (Å²) in [5.74, 6) is 0.0660. The number of ether oxygens (including phenoxy) is 2. The number of carbonyl (C=O) groups excluding carboxylic acids is 3. The third-order valence-corrected chi connectivity index (χ3v) is 5.64. The van der Waals surface area contributed by atoms with Gasteiger partial charge in [-0.05, 0) is 54.6 Å². The number of hydrogen-bond acceptors (Lipinski definition) is 5. The van der Waals surface area contributed by atoms with Crippen LogP contribution in [0.1, 0.15) is 15.9 Å². The van der Waals surface area contributed by atoms with E-state index in [9.17, 15) is 14.4 Å². The molecule has 168 valence electrons. The largest absolute Gasteiger partial charge is 0.496 e. The molecule has 3 aromatic rings. The lowest BCUT2D eigenvalue weighted by molar-refractivity contribution is -0.117. The Kier molecular flexibility index (Phi) is 6.47. The van der Waals surface area contributed by atoms with Gasteiger partial charge in [-0.25, -0.2) is 4.79 Å². The molecule has 0 atom stereocenters. The number of halogens is 3. The minimum absolute atomic E-state index is 0.117. The number of ketones is 1. The Hall–Kier alpha value is -3.26. The molecular weight excluding hydrogens is 491 g/mol. The molecule has 0 bridgehead atoms. The highest BCUT2D eigenvalue weighted by molar-refractivity contribution is 6.38. The molecule has 1 saturated heterocycles. The van der Waals surface area contributed by atoms with Gasteiger partial charge in [-0.1, -0.05) is 34.8 Å². The first-order valence-electron chi connectivity index (χ1n) is 9.53. The van der Waals surface area contributed by atoms with Gasteiger partial charge in [0.1, 0.15) is 18.0 Å². The summed E-state index contributed by atoms with van der Waals surface area (Å²) in [4.78, 5) is 37.6. The van der Waals surface area contributed by atoms with Crippen molar-refractivity contribution in [3.05, 3.63) is 80.8 Å². The predicted octanol–water partition coefficient (Wildman–Crippen LogP) is 5.73. The molecule has 1 heterocycles. The summed E-state index contributed by atoms with van der Waals surface area (Å²) in [6, 6.07) is 13.5. The second kappa shape index (κ2) is 9.31. The van der Waals surface area contributed by atoms with Crippen LogP contribution in [0.25, 0.3) is 0 Å². The molecule has 1 N–H and O–H groups in total. The van der Waals surface area contributed by atoms with Crippen molar-refractivity contribution < 1.29 is 23.9 Å². The third kappa shape index (κ3) is 4.75. The lowest BCUT2D eigenvalue weighted by Gasteiger charge is -2.17. The SMILES string of the molecule is COc1ccc(Oc2c(Cl)cc(N3CC(=O)NC3=O)cc2Cl)cc1C(=O)c1ccc(Cl)cc1. The van der Waals surface area contributed by atoms with E-state index in [2.05, 4.69) is 5.32 Å². The van der Waals surface area contributed by atoms with Crippen LogP contribution in [0.4, 0.5) is 10.5 Å². The highest BCUT2D eigenvalue weighted by Gasteiger charge is 2.29. The minimum atomic E-state index is -0.568. The summed E-state index contributed by atoms with van der Waals surface area (Å²) in [7, 11) is 1.46. The summed E-state index contributed by atoms with van der Waals surface area (Å²) in [6.45, 7) is -0.139. The molecule has 0 radical (unpaired) electrons. The summed E-state index contributed by atoms with van der Waals surface area (Å²) in [6.07, 6.45) is 0. The molecule has 33 heavy (non-hydrogen) atoms. The Balaban J connectivity index is 1.65. The normalized spacial score (nSPS) is 13.2. The van der Waals surface area contributed by atoms with Crippen LogP contribution in [0.15, 0.2) is 54.6 Å². The summed E-state index contributed by atoms with van der Waals surface area (Å²) < 4.78 is 11.2. The minimum Gasteiger partial charge on any atom is -0.496 e. The van der Waals surface area contributed by atoms with E-state index < -0.39 is 11.9 Å². The summed E-state index contributed by atoms with van der Waals surface area (Å²) >= 11 is 18.6. The lowest BCUT2D eigenvalue weighted by atomic mass is 10.0. The molecule has 1 fully saturated rings. The zero-order chi connectivity index (χ0) is 23.7. The predicted molar refractivity (Wildman–Crippen MR) is 125 cm³/mol. The van der Waals surface area contributed by atoms with E-state index in [0.29, 0.717) is 27.8 Å². The van der Waals surface area contributed by atoms with Crippen molar-refractivity contribution in [2.45, 2.75) is 0 Å². The van der Waals surface area contributed by atoms with Crippen molar-refractivity contribution in [3.8, 4) is 17.2 Å². The second-order valence-electron chi connectivity index (χ2n) is 6.98. The van der Waals surface area contributed by atoms with Gasteiger partial charge in [-0.2, -0.15) is 0 Å². The van der Waals surface area contributed by atoms with E-state index in [1.54, 1.807) is 36.4 Å². The monoisotopic (exact) mass is 504 g/mol. The maximum atomic E-state index is 13.0.